The van der Waals surface area contributed by atoms with E-state index in [4.69, 9.17) is 0 Å². The Labute approximate surface area is 127 Å². The van der Waals surface area contributed by atoms with Gasteiger partial charge in [-0.25, -0.2) is 4.98 Å². The maximum Gasteiger partial charge on any atom is 0.227 e. The fraction of sp³-hybridized carbons (Fsp3) is 0.188. The molecule has 2 aromatic heterocycles. The summed E-state index contributed by atoms with van der Waals surface area (Å²) in [4.78, 5) is 23.9. The average Bonchev–Trinajstić information content (AvgIpc) is 2.93. The maximum atomic E-state index is 12.1. The summed E-state index contributed by atoms with van der Waals surface area (Å²) in [5, 5.41) is 12.1. The summed E-state index contributed by atoms with van der Waals surface area (Å²) >= 11 is 0. The van der Waals surface area contributed by atoms with Gasteiger partial charge in [-0.1, -0.05) is 0 Å². The molecule has 0 saturated heterocycles. The van der Waals surface area contributed by atoms with Crippen LogP contribution in [0.2, 0.25) is 0 Å². The van der Waals surface area contributed by atoms with Crippen molar-refractivity contribution in [1.29, 1.82) is 0 Å². The van der Waals surface area contributed by atoms with Crippen molar-refractivity contribution in [2.45, 2.75) is 12.8 Å². The predicted octanol–water partition coefficient (Wildman–Crippen LogP) is 2.18. The topological polar surface area (TPSA) is 90.9 Å². The van der Waals surface area contributed by atoms with Gasteiger partial charge in [0, 0.05) is 25.0 Å². The highest BCUT2D eigenvalue weighted by molar-refractivity contribution is 5.94. The molecule has 0 aliphatic carbocycles. The van der Waals surface area contributed by atoms with Crippen LogP contribution in [0.5, 0.6) is 5.75 Å². The fourth-order valence-electron chi connectivity index (χ4n) is 2.56. The van der Waals surface area contributed by atoms with E-state index in [1.54, 1.807) is 43.7 Å². The lowest BCUT2D eigenvalue weighted by Crippen LogP contribution is -2.24. The number of phenolic OH excluding ortho intramolecular Hbond substituents is 1. The first-order valence-corrected chi connectivity index (χ1v) is 6.95. The molecule has 3 rings (SSSR count). The highest BCUT2D eigenvalue weighted by Crippen LogP contribution is 2.34. The summed E-state index contributed by atoms with van der Waals surface area (Å²) in [5.41, 5.74) is 3.77. The highest BCUT2D eigenvalue weighted by Gasteiger charge is 2.24. The number of phenols is 1. The molecule has 3 aromatic rings. The molecule has 1 aromatic carbocycles. The quantitative estimate of drug-likeness (QED) is 0.691. The van der Waals surface area contributed by atoms with Gasteiger partial charge in [0.15, 0.2) is 5.65 Å². The largest absolute Gasteiger partial charge is 0.508 e. The van der Waals surface area contributed by atoms with Crippen LogP contribution in [0.4, 0.5) is 0 Å². The summed E-state index contributed by atoms with van der Waals surface area (Å²) < 4.78 is 0. The third kappa shape index (κ3) is 2.28. The fourth-order valence-corrected chi connectivity index (χ4v) is 2.56. The molecule has 0 aliphatic rings. The number of hydrogen-bond acceptors (Lipinski definition) is 4. The molecule has 3 N–H and O–H groups in total. The molecule has 0 bridgehead atoms. The lowest BCUT2D eigenvalue weighted by molar-refractivity contribution is -0.121. The number of rotatable bonds is 3. The van der Waals surface area contributed by atoms with Crippen LogP contribution in [0.1, 0.15) is 18.4 Å². The average molecular weight is 296 g/mol. The van der Waals surface area contributed by atoms with Crippen molar-refractivity contribution in [3.63, 3.8) is 0 Å². The maximum absolute atomic E-state index is 12.1. The zero-order valence-corrected chi connectivity index (χ0v) is 12.3. The summed E-state index contributed by atoms with van der Waals surface area (Å²) in [6, 6.07) is 6.80. The van der Waals surface area contributed by atoms with Gasteiger partial charge in [0.05, 0.1) is 11.6 Å². The van der Waals surface area contributed by atoms with Crippen LogP contribution in [0, 0.1) is 0 Å². The minimum absolute atomic E-state index is 0.0911. The Morgan fingerprint density at radius 3 is 2.59 bits per heavy atom. The molecule has 112 valence electrons. The van der Waals surface area contributed by atoms with Crippen molar-refractivity contribution < 1.29 is 9.90 Å². The summed E-state index contributed by atoms with van der Waals surface area (Å²) in [6.07, 6.45) is 3.21. The van der Waals surface area contributed by atoms with Gasteiger partial charge in [-0.2, -0.15) is 0 Å². The molecule has 2 heterocycles. The number of carbonyl (C=O) groups is 1. The Morgan fingerprint density at radius 2 is 1.91 bits per heavy atom. The zero-order chi connectivity index (χ0) is 15.7. The molecule has 22 heavy (non-hydrogen) atoms. The van der Waals surface area contributed by atoms with E-state index >= 15 is 0 Å². The molecule has 1 amide bonds. The molecule has 0 saturated carbocycles. The van der Waals surface area contributed by atoms with Crippen LogP contribution in [0.15, 0.2) is 36.7 Å². The second-order valence-electron chi connectivity index (χ2n) is 5.05. The molecule has 6 nitrogen and oxygen atoms in total. The monoisotopic (exact) mass is 296 g/mol. The van der Waals surface area contributed by atoms with Crippen LogP contribution in [0.3, 0.4) is 0 Å². The van der Waals surface area contributed by atoms with E-state index in [0.29, 0.717) is 11.2 Å². The highest BCUT2D eigenvalue weighted by atomic mass is 16.3. The van der Waals surface area contributed by atoms with Gasteiger partial charge < -0.3 is 15.4 Å². The van der Waals surface area contributed by atoms with Crippen molar-refractivity contribution in [1.82, 2.24) is 20.3 Å². The smallest absolute Gasteiger partial charge is 0.227 e. The molecule has 0 fully saturated rings. The number of likely N-dealkylation sites (N-methyl/N-ethyl adjacent to an activating group) is 1. The summed E-state index contributed by atoms with van der Waals surface area (Å²) in [7, 11) is 1.61. The van der Waals surface area contributed by atoms with E-state index in [1.165, 1.54) is 0 Å². The molecule has 0 radical (unpaired) electrons. The number of aromatic hydroxyl groups is 1. The number of amides is 1. The normalized spacial score (nSPS) is 12.3. The van der Waals surface area contributed by atoms with E-state index in [0.717, 1.165) is 16.8 Å². The van der Waals surface area contributed by atoms with Crippen molar-refractivity contribution in [2.75, 3.05) is 7.05 Å². The van der Waals surface area contributed by atoms with Gasteiger partial charge >= 0.3 is 0 Å². The number of hydrogen-bond donors (Lipinski definition) is 3. The molecule has 0 spiro atoms. The number of benzene rings is 1. The minimum Gasteiger partial charge on any atom is -0.508 e. The minimum atomic E-state index is -0.376. The Balaban J connectivity index is 2.24. The van der Waals surface area contributed by atoms with E-state index in [9.17, 15) is 9.90 Å². The Morgan fingerprint density at radius 1 is 1.23 bits per heavy atom. The number of nitrogens with one attached hydrogen (secondary N) is 2. The Hall–Kier alpha value is -2.89. The number of aromatic nitrogens is 3. The summed E-state index contributed by atoms with van der Waals surface area (Å²) in [5.74, 6) is -0.275. The third-order valence-corrected chi connectivity index (χ3v) is 3.69. The molecule has 6 heteroatoms. The van der Waals surface area contributed by atoms with Gasteiger partial charge in [0.25, 0.3) is 0 Å². The van der Waals surface area contributed by atoms with E-state index in [2.05, 4.69) is 20.3 Å². The first-order chi connectivity index (χ1) is 10.6. The third-order valence-electron chi connectivity index (χ3n) is 3.69. The number of fused-ring (bicyclic) bond motifs is 1. The first kappa shape index (κ1) is 14.1. The molecule has 1 unspecified atom stereocenters. The van der Waals surface area contributed by atoms with Crippen LogP contribution < -0.4 is 5.32 Å². The van der Waals surface area contributed by atoms with E-state index < -0.39 is 0 Å². The van der Waals surface area contributed by atoms with Gasteiger partial charge in [-0.3, -0.25) is 9.78 Å². The second-order valence-corrected chi connectivity index (χ2v) is 5.05. The molecular formula is C16H16N4O2. The Kier molecular flexibility index (Phi) is 3.50. The van der Waals surface area contributed by atoms with Crippen LogP contribution in [-0.4, -0.2) is 33.0 Å². The van der Waals surface area contributed by atoms with Gasteiger partial charge in [0.1, 0.15) is 11.3 Å². The number of nitrogens with zero attached hydrogens (tertiary/aromatic N) is 2. The van der Waals surface area contributed by atoms with E-state index in [1.807, 2.05) is 6.92 Å². The Bertz CT molecular complexity index is 824. The standard InChI is InChI=1S/C16H16N4O2/c1-9(16(22)17-2)12-13(10-3-5-11(21)6-4-10)20-15-14(12)18-7-8-19-15/h3-9,21H,1-2H3,(H,17,22)(H,19,20). The number of H-pyrrole nitrogens is 1. The SMILES string of the molecule is CNC(=O)C(C)c1c(-c2ccc(O)cc2)[nH]c2nccnc12. The molecular weight excluding hydrogens is 280 g/mol. The zero-order valence-electron chi connectivity index (χ0n) is 12.3. The van der Waals surface area contributed by atoms with Gasteiger partial charge in [-0.05, 0) is 36.8 Å². The van der Waals surface area contributed by atoms with Crippen LogP contribution in [-0.2, 0) is 4.79 Å². The molecule has 1 atom stereocenters. The second kappa shape index (κ2) is 5.48. The predicted molar refractivity (Wildman–Crippen MR) is 83.5 cm³/mol. The van der Waals surface area contributed by atoms with Crippen molar-refractivity contribution >= 4 is 17.1 Å². The first-order valence-electron chi connectivity index (χ1n) is 6.95. The lowest BCUT2D eigenvalue weighted by atomic mass is 9.96. The van der Waals surface area contributed by atoms with Crippen LogP contribution >= 0.6 is 0 Å². The molecule has 0 aliphatic heterocycles. The number of carbonyl (C=O) groups excluding carboxylic acids is 1. The van der Waals surface area contributed by atoms with E-state index in [-0.39, 0.29) is 17.6 Å². The van der Waals surface area contributed by atoms with Crippen molar-refractivity contribution in [3.05, 3.63) is 42.2 Å². The van der Waals surface area contributed by atoms with Crippen molar-refractivity contribution in [2.24, 2.45) is 0 Å². The van der Waals surface area contributed by atoms with Crippen LogP contribution in [0.25, 0.3) is 22.4 Å². The van der Waals surface area contributed by atoms with Gasteiger partial charge in [0.2, 0.25) is 5.91 Å². The van der Waals surface area contributed by atoms with Crippen molar-refractivity contribution in [3.8, 4) is 17.0 Å². The number of aromatic amines is 1. The lowest BCUT2D eigenvalue weighted by Gasteiger charge is -2.12. The van der Waals surface area contributed by atoms with Gasteiger partial charge in [-0.15, -0.1) is 0 Å². The summed E-state index contributed by atoms with van der Waals surface area (Å²) in [6.45, 7) is 1.83.